The molecule has 0 spiro atoms. The number of fused-ring (bicyclic) bond motifs is 1. The maximum atomic E-state index is 11.6. The van der Waals surface area contributed by atoms with Crippen molar-refractivity contribution >= 4 is 16.9 Å². The third-order valence-electron chi connectivity index (χ3n) is 3.95. The molecular weight excluding hydrogens is 330 g/mol. The number of pyridine rings is 1. The van der Waals surface area contributed by atoms with Gasteiger partial charge in [-0.1, -0.05) is 18.2 Å². The van der Waals surface area contributed by atoms with Gasteiger partial charge in [-0.2, -0.15) is 0 Å². The van der Waals surface area contributed by atoms with Crippen LogP contribution in [0, 0.1) is 0 Å². The lowest BCUT2D eigenvalue weighted by atomic mass is 10.2. The molecule has 26 heavy (non-hydrogen) atoms. The molecule has 0 N–H and O–H groups in total. The lowest BCUT2D eigenvalue weighted by molar-refractivity contribution is -0.143. The van der Waals surface area contributed by atoms with Crippen molar-refractivity contribution in [1.82, 2.24) is 14.8 Å². The number of ether oxygens (including phenoxy) is 2. The summed E-state index contributed by atoms with van der Waals surface area (Å²) in [5.41, 5.74) is 1.81. The Morgan fingerprint density at radius 1 is 1.15 bits per heavy atom. The molecule has 0 saturated heterocycles. The summed E-state index contributed by atoms with van der Waals surface area (Å²) in [6.45, 7) is 6.28. The molecule has 0 aliphatic heterocycles. The van der Waals surface area contributed by atoms with Crippen LogP contribution in [0.5, 0.6) is 11.8 Å². The molecular formula is C20H23N3O3. The number of aromatic nitrogens is 3. The largest absolute Gasteiger partial charge is 0.466 e. The quantitative estimate of drug-likeness (QED) is 0.593. The van der Waals surface area contributed by atoms with Gasteiger partial charge < -0.3 is 9.47 Å². The van der Waals surface area contributed by atoms with Crippen molar-refractivity contribution in [2.75, 3.05) is 6.61 Å². The zero-order valence-electron chi connectivity index (χ0n) is 15.3. The van der Waals surface area contributed by atoms with Gasteiger partial charge in [-0.25, -0.2) is 4.98 Å². The van der Waals surface area contributed by atoms with E-state index in [-0.39, 0.29) is 12.0 Å². The van der Waals surface area contributed by atoms with Gasteiger partial charge in [-0.3, -0.25) is 9.48 Å². The second kappa shape index (κ2) is 7.99. The molecule has 6 heteroatoms. The van der Waals surface area contributed by atoms with E-state index in [1.54, 1.807) is 6.92 Å². The van der Waals surface area contributed by atoms with Crippen molar-refractivity contribution in [1.29, 1.82) is 0 Å². The molecule has 3 rings (SSSR count). The van der Waals surface area contributed by atoms with E-state index in [2.05, 4.69) is 10.1 Å². The number of aryl methyl sites for hydroxylation is 1. The molecule has 0 saturated carbocycles. The smallest absolute Gasteiger partial charge is 0.306 e. The van der Waals surface area contributed by atoms with Gasteiger partial charge in [0.1, 0.15) is 0 Å². The fourth-order valence-corrected chi connectivity index (χ4v) is 2.77. The van der Waals surface area contributed by atoms with E-state index in [1.807, 2.05) is 61.0 Å². The van der Waals surface area contributed by atoms with Crippen molar-refractivity contribution in [3.63, 3.8) is 0 Å². The van der Waals surface area contributed by atoms with E-state index < -0.39 is 0 Å². The highest BCUT2D eigenvalue weighted by Gasteiger charge is 2.14. The Kier molecular flexibility index (Phi) is 5.51. The van der Waals surface area contributed by atoms with Crippen LogP contribution in [-0.2, 0) is 16.0 Å². The molecule has 2 heterocycles. The van der Waals surface area contributed by atoms with E-state index in [0.29, 0.717) is 31.2 Å². The van der Waals surface area contributed by atoms with E-state index in [1.165, 1.54) is 0 Å². The average molecular weight is 353 g/mol. The topological polar surface area (TPSA) is 66.2 Å². The number of hydrogen-bond donors (Lipinski definition) is 0. The minimum atomic E-state index is -0.206. The SMILES string of the molecule is CCOC(=O)CCc1cc(Oc2ccc3ccccc3n2)nn1C(C)C. The first kappa shape index (κ1) is 17.9. The molecule has 0 aliphatic rings. The number of para-hydroxylation sites is 1. The number of carbonyl (C=O) groups excluding carboxylic acids is 1. The van der Waals surface area contributed by atoms with Gasteiger partial charge in [0.15, 0.2) is 0 Å². The van der Waals surface area contributed by atoms with Crippen LogP contribution < -0.4 is 4.74 Å². The molecule has 3 aromatic rings. The van der Waals surface area contributed by atoms with Gasteiger partial charge in [0.05, 0.1) is 18.5 Å². The third-order valence-corrected chi connectivity index (χ3v) is 3.95. The standard InChI is InChI=1S/C20H23N3O3/c1-4-25-20(24)12-10-16-13-19(22-23(16)14(2)3)26-18-11-9-15-7-5-6-8-17(15)21-18/h5-9,11,13-14H,4,10,12H2,1-3H3. The van der Waals surface area contributed by atoms with Gasteiger partial charge in [0.25, 0.3) is 0 Å². The number of hydrogen-bond acceptors (Lipinski definition) is 5. The summed E-state index contributed by atoms with van der Waals surface area (Å²) in [7, 11) is 0. The Balaban J connectivity index is 1.78. The minimum Gasteiger partial charge on any atom is -0.466 e. The first-order chi connectivity index (χ1) is 12.6. The normalized spacial score (nSPS) is 11.1. The van der Waals surface area contributed by atoms with Crippen LogP contribution in [0.2, 0.25) is 0 Å². The summed E-state index contributed by atoms with van der Waals surface area (Å²) in [4.78, 5) is 16.1. The summed E-state index contributed by atoms with van der Waals surface area (Å²) in [6.07, 6.45) is 0.873. The lowest BCUT2D eigenvalue weighted by Gasteiger charge is -2.10. The van der Waals surface area contributed by atoms with Crippen LogP contribution in [0.3, 0.4) is 0 Å². The van der Waals surface area contributed by atoms with Crippen molar-refractivity contribution in [2.24, 2.45) is 0 Å². The van der Waals surface area contributed by atoms with E-state index >= 15 is 0 Å². The van der Waals surface area contributed by atoms with Crippen molar-refractivity contribution in [3.05, 3.63) is 48.2 Å². The maximum Gasteiger partial charge on any atom is 0.306 e. The number of rotatable bonds is 7. The highest BCUT2D eigenvalue weighted by molar-refractivity contribution is 5.78. The molecule has 0 atom stereocenters. The zero-order valence-corrected chi connectivity index (χ0v) is 15.3. The molecule has 0 amide bonds. The molecule has 136 valence electrons. The third kappa shape index (κ3) is 4.20. The number of nitrogens with zero attached hydrogens (tertiary/aromatic N) is 3. The fraction of sp³-hybridized carbons (Fsp3) is 0.350. The van der Waals surface area contributed by atoms with Crippen LogP contribution in [0.4, 0.5) is 0 Å². The predicted octanol–water partition coefficient (Wildman–Crippen LogP) is 4.30. The Morgan fingerprint density at radius 3 is 2.73 bits per heavy atom. The minimum absolute atomic E-state index is 0.161. The van der Waals surface area contributed by atoms with Crippen LogP contribution >= 0.6 is 0 Å². The second-order valence-electron chi connectivity index (χ2n) is 6.26. The van der Waals surface area contributed by atoms with Gasteiger partial charge in [0.2, 0.25) is 11.8 Å². The molecule has 1 aromatic carbocycles. The molecule has 2 aromatic heterocycles. The summed E-state index contributed by atoms with van der Waals surface area (Å²) >= 11 is 0. The zero-order chi connectivity index (χ0) is 18.5. The molecule has 0 bridgehead atoms. The average Bonchev–Trinajstić information content (AvgIpc) is 3.03. The lowest BCUT2D eigenvalue weighted by Crippen LogP contribution is -2.11. The first-order valence-corrected chi connectivity index (χ1v) is 8.84. The number of carbonyl (C=O) groups is 1. The first-order valence-electron chi connectivity index (χ1n) is 8.84. The maximum absolute atomic E-state index is 11.6. The predicted molar refractivity (Wildman–Crippen MR) is 99.4 cm³/mol. The van der Waals surface area contributed by atoms with Gasteiger partial charge in [0, 0.05) is 29.3 Å². The highest BCUT2D eigenvalue weighted by Crippen LogP contribution is 2.24. The highest BCUT2D eigenvalue weighted by atomic mass is 16.5. The van der Waals surface area contributed by atoms with Crippen LogP contribution in [0.25, 0.3) is 10.9 Å². The van der Waals surface area contributed by atoms with Crippen LogP contribution in [-0.4, -0.2) is 27.3 Å². The number of benzene rings is 1. The van der Waals surface area contributed by atoms with Crippen molar-refractivity contribution in [3.8, 4) is 11.8 Å². The van der Waals surface area contributed by atoms with E-state index in [9.17, 15) is 4.79 Å². The summed E-state index contributed by atoms with van der Waals surface area (Å²) in [5.74, 6) is 0.761. The Labute approximate surface area is 152 Å². The van der Waals surface area contributed by atoms with E-state index in [4.69, 9.17) is 9.47 Å². The summed E-state index contributed by atoms with van der Waals surface area (Å²) in [6, 6.07) is 13.7. The second-order valence-corrected chi connectivity index (χ2v) is 6.26. The summed E-state index contributed by atoms with van der Waals surface area (Å²) < 4.78 is 12.7. The summed E-state index contributed by atoms with van der Waals surface area (Å²) in [5, 5.41) is 5.57. The molecule has 0 radical (unpaired) electrons. The fourth-order valence-electron chi connectivity index (χ4n) is 2.77. The Hall–Kier alpha value is -2.89. The molecule has 0 aliphatic carbocycles. The Bertz CT molecular complexity index is 902. The van der Waals surface area contributed by atoms with Gasteiger partial charge in [-0.05, 0) is 39.3 Å². The van der Waals surface area contributed by atoms with Crippen LogP contribution in [0.15, 0.2) is 42.5 Å². The molecule has 6 nitrogen and oxygen atoms in total. The van der Waals surface area contributed by atoms with Crippen LogP contribution in [0.1, 0.15) is 38.9 Å². The molecule has 0 fully saturated rings. The van der Waals surface area contributed by atoms with Crippen molar-refractivity contribution in [2.45, 2.75) is 39.7 Å². The Morgan fingerprint density at radius 2 is 1.96 bits per heavy atom. The van der Waals surface area contributed by atoms with Crippen molar-refractivity contribution < 1.29 is 14.3 Å². The van der Waals surface area contributed by atoms with Gasteiger partial charge >= 0.3 is 5.97 Å². The van der Waals surface area contributed by atoms with E-state index in [0.717, 1.165) is 16.6 Å². The van der Waals surface area contributed by atoms with Gasteiger partial charge in [-0.15, -0.1) is 5.10 Å². The number of esters is 1. The molecule has 0 unspecified atom stereocenters. The monoisotopic (exact) mass is 353 g/mol.